The summed E-state index contributed by atoms with van der Waals surface area (Å²) in [4.78, 5) is 0. The van der Waals surface area contributed by atoms with Crippen LogP contribution < -0.4 is 0 Å². The van der Waals surface area contributed by atoms with Gasteiger partial charge in [-0.1, -0.05) is 0 Å². The van der Waals surface area contributed by atoms with E-state index in [4.69, 9.17) is 7.37 Å². The molecular weight excluding hydrogens is 89.7 g/mol. The van der Waals surface area contributed by atoms with Gasteiger partial charge in [-0.15, -0.1) is 0 Å². The van der Waals surface area contributed by atoms with Gasteiger partial charge in [0.25, 0.3) is 0 Å². The van der Waals surface area contributed by atoms with Crippen molar-refractivity contribution in [1.82, 2.24) is 0 Å². The van der Waals surface area contributed by atoms with Crippen molar-refractivity contribution >= 4 is 25.1 Å². The molecule has 31 valence electrons. The van der Waals surface area contributed by atoms with E-state index in [1.807, 2.05) is 0 Å². The minimum absolute atomic E-state index is 1.15. The van der Waals surface area contributed by atoms with E-state index in [9.17, 15) is 0 Å². The maximum atomic E-state index is 5.05. The van der Waals surface area contributed by atoms with Crippen LogP contribution in [0.4, 0.5) is 0 Å². The van der Waals surface area contributed by atoms with Crippen molar-refractivity contribution in [3.63, 3.8) is 0 Å². The standard InChI is InChI=1S/C3H7B2S/c1-2-3-6-5-4/h2-3H2,1H3. The fraction of sp³-hybridized carbons (Fsp3) is 1.00. The molecule has 0 fully saturated rings. The van der Waals surface area contributed by atoms with E-state index >= 15 is 0 Å². The molecule has 0 spiro atoms. The molecule has 0 heterocycles. The van der Waals surface area contributed by atoms with E-state index < -0.39 is 0 Å². The molecule has 0 unspecified atom stereocenters. The second-order valence-corrected chi connectivity index (χ2v) is 2.02. The summed E-state index contributed by atoms with van der Waals surface area (Å²) in [6.07, 6.45) is 2.84. The Kier molecular flexibility index (Phi) is 5.92. The molecule has 0 nitrogen and oxygen atoms in total. The Morgan fingerprint density at radius 1 is 1.83 bits per heavy atom. The quantitative estimate of drug-likeness (QED) is 0.371. The first kappa shape index (κ1) is 6.48. The van der Waals surface area contributed by atoms with Crippen LogP contribution in [0, 0.1) is 0 Å². The number of rotatable bonds is 3. The Hall–Kier alpha value is 0.480. The molecular formula is C3H7B2S. The van der Waals surface area contributed by atoms with Gasteiger partial charge in [0.1, 0.15) is 0 Å². The summed E-state index contributed by atoms with van der Waals surface area (Å²) in [5, 5.41) is 0. The van der Waals surface area contributed by atoms with Gasteiger partial charge < -0.3 is 0 Å². The van der Waals surface area contributed by atoms with Gasteiger partial charge in [0.15, 0.2) is 0 Å². The summed E-state index contributed by atoms with van der Waals surface area (Å²) in [7, 11) is 5.05. The third-order valence-corrected chi connectivity index (χ3v) is 1.25. The van der Waals surface area contributed by atoms with Gasteiger partial charge in [0.05, 0.1) is 0 Å². The van der Waals surface area contributed by atoms with E-state index in [0.29, 0.717) is 0 Å². The first-order valence-electron chi connectivity index (χ1n) is 2.06. The maximum absolute atomic E-state index is 5.05. The van der Waals surface area contributed by atoms with Crippen molar-refractivity contribution < 1.29 is 0 Å². The molecule has 0 saturated heterocycles. The molecule has 0 aliphatic rings. The normalized spacial score (nSPS) is 7.33. The fourth-order valence-corrected chi connectivity index (χ4v) is 0.558. The Labute approximate surface area is 44.9 Å². The predicted octanol–water partition coefficient (Wildman–Crippen LogP) is 0.832. The number of hydrogen-bond acceptors (Lipinski definition) is 1. The predicted molar refractivity (Wildman–Crippen MR) is 34.3 cm³/mol. The molecule has 6 heavy (non-hydrogen) atoms. The third-order valence-electron chi connectivity index (χ3n) is 0.418. The zero-order valence-electron chi connectivity index (χ0n) is 3.98. The molecule has 0 atom stereocenters. The summed E-state index contributed by atoms with van der Waals surface area (Å²) in [5.41, 5.74) is 0. The SMILES string of the molecule is [B]=BSCCC. The van der Waals surface area contributed by atoms with Crippen LogP contribution in [0.1, 0.15) is 13.3 Å². The van der Waals surface area contributed by atoms with Crippen LogP contribution in [0.15, 0.2) is 0 Å². The van der Waals surface area contributed by atoms with Crippen molar-refractivity contribution in [2.75, 3.05) is 5.75 Å². The molecule has 0 aromatic heterocycles. The van der Waals surface area contributed by atoms with E-state index in [1.165, 1.54) is 6.42 Å². The molecule has 3 heteroatoms. The molecule has 0 aliphatic carbocycles. The second kappa shape index (κ2) is 5.48. The van der Waals surface area contributed by atoms with Gasteiger partial charge in [-0.25, -0.2) is 0 Å². The molecule has 0 amide bonds. The molecule has 0 saturated carbocycles. The van der Waals surface area contributed by atoms with Gasteiger partial charge in [0.2, 0.25) is 0 Å². The van der Waals surface area contributed by atoms with Crippen molar-refractivity contribution in [3.05, 3.63) is 0 Å². The van der Waals surface area contributed by atoms with Crippen molar-refractivity contribution in [1.29, 1.82) is 0 Å². The summed E-state index contributed by atoms with van der Waals surface area (Å²) in [6, 6.07) is 0. The topological polar surface area (TPSA) is 0 Å². The molecule has 0 aliphatic heterocycles. The van der Waals surface area contributed by atoms with Crippen molar-refractivity contribution in [2.45, 2.75) is 13.3 Å². The fourth-order valence-electron chi connectivity index (χ4n) is 0.186. The molecule has 0 bridgehead atoms. The summed E-state index contributed by atoms with van der Waals surface area (Å²) in [6.45, 7) is 2.14. The van der Waals surface area contributed by atoms with Crippen LogP contribution >= 0.6 is 11.6 Å². The molecule has 0 N–H and O–H groups in total. The second-order valence-electron chi connectivity index (χ2n) is 1.01. The van der Waals surface area contributed by atoms with Crippen LogP contribution in [0.5, 0.6) is 0 Å². The van der Waals surface area contributed by atoms with Crippen molar-refractivity contribution in [3.8, 4) is 0 Å². The Morgan fingerprint density at radius 3 is 2.67 bits per heavy atom. The van der Waals surface area contributed by atoms with E-state index in [2.05, 4.69) is 6.92 Å². The van der Waals surface area contributed by atoms with E-state index in [0.717, 1.165) is 5.75 Å². The monoisotopic (exact) mass is 97.0 g/mol. The van der Waals surface area contributed by atoms with Crippen LogP contribution in [0.2, 0.25) is 0 Å². The van der Waals surface area contributed by atoms with Crippen molar-refractivity contribution in [2.24, 2.45) is 0 Å². The van der Waals surface area contributed by atoms with Crippen LogP contribution in [-0.2, 0) is 0 Å². The first-order valence-corrected chi connectivity index (χ1v) is 3.11. The minimum atomic E-state index is 1.15. The Bertz CT molecular complexity index is 37.8. The Morgan fingerprint density at radius 2 is 2.50 bits per heavy atom. The first-order chi connectivity index (χ1) is 2.91. The average molecular weight is 96.8 g/mol. The summed E-state index contributed by atoms with van der Waals surface area (Å²) in [5.74, 6) is 1.15. The van der Waals surface area contributed by atoms with Crippen LogP contribution in [0.25, 0.3) is 0 Å². The van der Waals surface area contributed by atoms with Gasteiger partial charge in [0, 0.05) is 0 Å². The molecule has 0 aromatic carbocycles. The zero-order chi connectivity index (χ0) is 4.83. The molecule has 1 radical (unpaired) electrons. The van der Waals surface area contributed by atoms with Crippen LogP contribution in [0.3, 0.4) is 0 Å². The van der Waals surface area contributed by atoms with Crippen LogP contribution in [-0.4, -0.2) is 19.2 Å². The number of hydrogen-bond donors (Lipinski definition) is 0. The average Bonchev–Trinajstić information content (AvgIpc) is 1.61. The Balaban J connectivity index is 2.49. The molecule has 0 rings (SSSR count). The molecule has 0 aromatic rings. The summed E-state index contributed by atoms with van der Waals surface area (Å²) >= 11 is 1.66. The van der Waals surface area contributed by atoms with Gasteiger partial charge >= 0.3 is 44.2 Å². The van der Waals surface area contributed by atoms with E-state index in [-0.39, 0.29) is 0 Å². The van der Waals surface area contributed by atoms with Gasteiger partial charge in [-0.2, -0.15) is 0 Å². The van der Waals surface area contributed by atoms with Gasteiger partial charge in [-0.3, -0.25) is 0 Å². The summed E-state index contributed by atoms with van der Waals surface area (Å²) < 4.78 is 0. The third kappa shape index (κ3) is 4.48. The zero-order valence-corrected chi connectivity index (χ0v) is 4.79. The van der Waals surface area contributed by atoms with E-state index in [1.54, 1.807) is 17.7 Å². The van der Waals surface area contributed by atoms with Gasteiger partial charge in [-0.05, 0) is 0 Å².